The molecule has 108 valence electrons. The van der Waals surface area contributed by atoms with E-state index in [1.807, 2.05) is 16.8 Å². The molecule has 1 aliphatic carbocycles. The smallest absolute Gasteiger partial charge is 0.180 e. The Morgan fingerprint density at radius 3 is 3.05 bits per heavy atom. The largest absolute Gasteiger partial charge is 0.366 e. The van der Waals surface area contributed by atoms with Crippen LogP contribution in [0.3, 0.4) is 0 Å². The number of likely N-dealkylation sites (N-methyl/N-ethyl adjacent to an activating group) is 1. The van der Waals surface area contributed by atoms with Gasteiger partial charge in [-0.25, -0.2) is 15.8 Å². The predicted octanol–water partition coefficient (Wildman–Crippen LogP) is 0.911. The highest BCUT2D eigenvalue weighted by Crippen LogP contribution is 2.26. The highest BCUT2D eigenvalue weighted by atomic mass is 15.3. The highest BCUT2D eigenvalue weighted by Gasteiger charge is 2.27. The Morgan fingerprint density at radius 2 is 2.35 bits per heavy atom. The van der Waals surface area contributed by atoms with E-state index in [-0.39, 0.29) is 0 Å². The summed E-state index contributed by atoms with van der Waals surface area (Å²) in [5, 5.41) is 3.36. The Labute approximate surface area is 118 Å². The zero-order chi connectivity index (χ0) is 13.9. The highest BCUT2D eigenvalue weighted by molar-refractivity contribution is 5.65. The van der Waals surface area contributed by atoms with Gasteiger partial charge in [0.2, 0.25) is 0 Å². The van der Waals surface area contributed by atoms with Crippen molar-refractivity contribution in [3.63, 3.8) is 0 Å². The third-order valence-corrected chi connectivity index (χ3v) is 3.68. The van der Waals surface area contributed by atoms with Crippen LogP contribution in [0, 0.1) is 0 Å². The molecule has 0 unspecified atom stereocenters. The number of hydrogen-bond donors (Lipinski definition) is 3. The molecule has 1 fully saturated rings. The topological polar surface area (TPSA) is 83.5 Å². The summed E-state index contributed by atoms with van der Waals surface area (Å²) in [6.45, 7) is 5.19. The van der Waals surface area contributed by atoms with Crippen LogP contribution in [0.4, 0.5) is 11.6 Å². The van der Waals surface area contributed by atoms with Gasteiger partial charge < -0.3 is 15.1 Å². The average molecular weight is 275 g/mol. The normalized spacial score (nSPS) is 14.9. The molecule has 20 heavy (non-hydrogen) atoms. The van der Waals surface area contributed by atoms with Crippen molar-refractivity contribution in [2.75, 3.05) is 30.4 Å². The first-order chi connectivity index (χ1) is 9.81. The molecule has 1 saturated carbocycles. The molecular formula is C13H21N7. The molecule has 0 amide bonds. The van der Waals surface area contributed by atoms with Gasteiger partial charge in [0.1, 0.15) is 0 Å². The lowest BCUT2D eigenvalue weighted by Gasteiger charge is -2.20. The summed E-state index contributed by atoms with van der Waals surface area (Å²) in [7, 11) is 0. The lowest BCUT2D eigenvalue weighted by Crippen LogP contribution is -2.31. The minimum atomic E-state index is 0.618. The van der Waals surface area contributed by atoms with Crippen molar-refractivity contribution in [1.82, 2.24) is 19.3 Å². The van der Waals surface area contributed by atoms with E-state index < -0.39 is 0 Å². The molecule has 0 atom stereocenters. The zero-order valence-electron chi connectivity index (χ0n) is 11.7. The van der Waals surface area contributed by atoms with Crippen LogP contribution in [0.2, 0.25) is 0 Å². The van der Waals surface area contributed by atoms with Gasteiger partial charge in [-0.3, -0.25) is 4.90 Å². The SMILES string of the molecule is CCN(CCNc1nc(NN)cn2ccnc12)C1CC1. The summed E-state index contributed by atoms with van der Waals surface area (Å²) in [6.07, 6.45) is 8.12. The molecule has 0 radical (unpaired) electrons. The Kier molecular flexibility index (Phi) is 3.70. The number of nitrogens with one attached hydrogen (secondary N) is 2. The van der Waals surface area contributed by atoms with Gasteiger partial charge in [-0.2, -0.15) is 0 Å². The summed E-state index contributed by atoms with van der Waals surface area (Å²) in [4.78, 5) is 11.2. The van der Waals surface area contributed by atoms with Crippen LogP contribution in [0.25, 0.3) is 5.65 Å². The molecule has 0 saturated heterocycles. The number of aromatic nitrogens is 3. The van der Waals surface area contributed by atoms with Gasteiger partial charge in [0, 0.05) is 31.5 Å². The predicted molar refractivity (Wildman–Crippen MR) is 79.6 cm³/mol. The first-order valence-electron chi connectivity index (χ1n) is 7.10. The Morgan fingerprint density at radius 1 is 1.50 bits per heavy atom. The van der Waals surface area contributed by atoms with Crippen LogP contribution >= 0.6 is 0 Å². The fourth-order valence-corrected chi connectivity index (χ4v) is 2.48. The van der Waals surface area contributed by atoms with Gasteiger partial charge in [0.25, 0.3) is 0 Å². The number of fused-ring (bicyclic) bond motifs is 1. The van der Waals surface area contributed by atoms with E-state index in [0.29, 0.717) is 5.82 Å². The Bertz CT molecular complexity index is 575. The zero-order valence-corrected chi connectivity index (χ0v) is 11.7. The molecule has 7 nitrogen and oxygen atoms in total. The van der Waals surface area contributed by atoms with Crippen LogP contribution in [0.1, 0.15) is 19.8 Å². The van der Waals surface area contributed by atoms with E-state index in [4.69, 9.17) is 5.84 Å². The second-order valence-corrected chi connectivity index (χ2v) is 5.06. The van der Waals surface area contributed by atoms with E-state index >= 15 is 0 Å². The fourth-order valence-electron chi connectivity index (χ4n) is 2.48. The van der Waals surface area contributed by atoms with E-state index in [0.717, 1.165) is 37.1 Å². The summed E-state index contributed by atoms with van der Waals surface area (Å²) < 4.78 is 1.91. The summed E-state index contributed by atoms with van der Waals surface area (Å²) >= 11 is 0. The van der Waals surface area contributed by atoms with Gasteiger partial charge >= 0.3 is 0 Å². The molecule has 3 rings (SSSR count). The first-order valence-corrected chi connectivity index (χ1v) is 7.10. The molecule has 2 aromatic heterocycles. The second kappa shape index (κ2) is 5.64. The minimum absolute atomic E-state index is 0.618. The van der Waals surface area contributed by atoms with Crippen LogP contribution in [-0.4, -0.2) is 44.9 Å². The van der Waals surface area contributed by atoms with Crippen LogP contribution in [0.15, 0.2) is 18.6 Å². The molecule has 4 N–H and O–H groups in total. The summed E-state index contributed by atoms with van der Waals surface area (Å²) in [6, 6.07) is 0.790. The van der Waals surface area contributed by atoms with E-state index in [1.54, 1.807) is 6.20 Å². The van der Waals surface area contributed by atoms with Gasteiger partial charge in [0.15, 0.2) is 17.3 Å². The van der Waals surface area contributed by atoms with Crippen molar-refractivity contribution < 1.29 is 0 Å². The van der Waals surface area contributed by atoms with Gasteiger partial charge in [-0.1, -0.05) is 6.92 Å². The molecular weight excluding hydrogens is 254 g/mol. The first kappa shape index (κ1) is 13.1. The maximum Gasteiger partial charge on any atom is 0.180 e. The number of nitrogens with two attached hydrogens (primary N) is 1. The molecule has 0 bridgehead atoms. The van der Waals surface area contributed by atoms with Crippen LogP contribution in [0.5, 0.6) is 0 Å². The summed E-state index contributed by atoms with van der Waals surface area (Å²) in [5.74, 6) is 6.82. The van der Waals surface area contributed by atoms with Crippen LogP contribution < -0.4 is 16.6 Å². The Hall–Kier alpha value is -1.86. The number of hydrogen-bond acceptors (Lipinski definition) is 6. The fraction of sp³-hybridized carbons (Fsp3) is 0.538. The van der Waals surface area contributed by atoms with E-state index in [9.17, 15) is 0 Å². The average Bonchev–Trinajstić information content (AvgIpc) is 3.20. The lowest BCUT2D eigenvalue weighted by molar-refractivity contribution is 0.289. The van der Waals surface area contributed by atoms with E-state index in [2.05, 4.69) is 32.5 Å². The molecule has 0 spiro atoms. The standard InChI is InChI=1S/C13H21N7/c1-2-19(10-3-4-10)7-5-15-12-13-16-6-8-20(13)9-11(17-12)18-14/h6,8-10,18H,2-5,7,14H2,1H3,(H,15,17). The molecule has 7 heteroatoms. The number of imidazole rings is 1. The van der Waals surface area contributed by atoms with Crippen LogP contribution in [-0.2, 0) is 0 Å². The van der Waals surface area contributed by atoms with Crippen molar-refractivity contribution in [1.29, 1.82) is 0 Å². The maximum atomic E-state index is 5.44. The van der Waals surface area contributed by atoms with Crippen molar-refractivity contribution in [2.24, 2.45) is 5.84 Å². The number of nitrogens with zero attached hydrogens (tertiary/aromatic N) is 4. The monoisotopic (exact) mass is 275 g/mol. The summed E-state index contributed by atoms with van der Waals surface area (Å²) in [5.41, 5.74) is 3.40. The third-order valence-electron chi connectivity index (χ3n) is 3.68. The number of nitrogen functional groups attached to an aromatic ring is 1. The third kappa shape index (κ3) is 2.68. The quantitative estimate of drug-likeness (QED) is 0.514. The van der Waals surface area contributed by atoms with Gasteiger partial charge in [-0.15, -0.1) is 0 Å². The van der Waals surface area contributed by atoms with Crippen molar-refractivity contribution >= 4 is 17.3 Å². The van der Waals surface area contributed by atoms with E-state index in [1.165, 1.54) is 12.8 Å². The van der Waals surface area contributed by atoms with Gasteiger partial charge in [-0.05, 0) is 19.4 Å². The Balaban J connectivity index is 1.68. The molecule has 2 aromatic rings. The van der Waals surface area contributed by atoms with Crippen molar-refractivity contribution in [3.05, 3.63) is 18.6 Å². The minimum Gasteiger partial charge on any atom is -0.366 e. The second-order valence-electron chi connectivity index (χ2n) is 5.06. The lowest BCUT2D eigenvalue weighted by atomic mass is 10.4. The maximum absolute atomic E-state index is 5.44. The molecule has 1 aliphatic rings. The van der Waals surface area contributed by atoms with Crippen molar-refractivity contribution in [3.8, 4) is 0 Å². The molecule has 0 aromatic carbocycles. The van der Waals surface area contributed by atoms with Crippen molar-refractivity contribution in [2.45, 2.75) is 25.8 Å². The number of anilines is 2. The number of hydrazine groups is 1. The van der Waals surface area contributed by atoms with Gasteiger partial charge in [0.05, 0.1) is 6.20 Å². The molecule has 0 aliphatic heterocycles. The number of rotatable bonds is 7. The molecule has 2 heterocycles.